The fourth-order valence-electron chi connectivity index (χ4n) is 1.85. The molecule has 114 valence electrons. The third kappa shape index (κ3) is 9.03. The van der Waals surface area contributed by atoms with Crippen LogP contribution in [0.4, 0.5) is 0 Å². The van der Waals surface area contributed by atoms with Crippen LogP contribution in [0.5, 0.6) is 0 Å². The van der Waals surface area contributed by atoms with Crippen molar-refractivity contribution in [1.82, 2.24) is 0 Å². The van der Waals surface area contributed by atoms with Crippen LogP contribution in [-0.2, 0) is 4.74 Å². The molecule has 0 aromatic rings. The van der Waals surface area contributed by atoms with Gasteiger partial charge in [-0.05, 0) is 51.5 Å². The molecule has 0 N–H and O–H groups in total. The summed E-state index contributed by atoms with van der Waals surface area (Å²) >= 11 is 5.89. The molecule has 0 bridgehead atoms. The highest BCUT2D eigenvalue weighted by Gasteiger charge is 2.08. The van der Waals surface area contributed by atoms with E-state index in [-0.39, 0.29) is 0 Å². The van der Waals surface area contributed by atoms with Gasteiger partial charge < -0.3 is 4.74 Å². The molecular formula is C18H29ClO. The van der Waals surface area contributed by atoms with Gasteiger partial charge in [-0.1, -0.05) is 30.4 Å². The van der Waals surface area contributed by atoms with Crippen molar-refractivity contribution in [1.29, 1.82) is 0 Å². The summed E-state index contributed by atoms with van der Waals surface area (Å²) in [5.41, 5.74) is 2.32. The Kier molecular flexibility index (Phi) is 11.3. The lowest BCUT2D eigenvalue weighted by Gasteiger charge is -2.15. The number of halogens is 1. The van der Waals surface area contributed by atoms with Crippen molar-refractivity contribution in [2.45, 2.75) is 39.5 Å². The molecule has 0 aliphatic carbocycles. The van der Waals surface area contributed by atoms with Gasteiger partial charge in [0.25, 0.3) is 0 Å². The van der Waals surface area contributed by atoms with Crippen molar-refractivity contribution in [3.63, 3.8) is 0 Å². The zero-order chi connectivity index (χ0) is 15.4. The molecule has 0 spiro atoms. The Labute approximate surface area is 130 Å². The summed E-state index contributed by atoms with van der Waals surface area (Å²) in [6.45, 7) is 16.5. The van der Waals surface area contributed by atoms with Gasteiger partial charge in [0, 0.05) is 11.8 Å². The van der Waals surface area contributed by atoms with Crippen LogP contribution in [0.3, 0.4) is 0 Å². The van der Waals surface area contributed by atoms with Crippen molar-refractivity contribution in [3.05, 3.63) is 49.3 Å². The topological polar surface area (TPSA) is 9.23 Å². The molecule has 0 saturated carbocycles. The molecule has 0 aliphatic heterocycles. The predicted octanol–water partition coefficient (Wildman–Crippen LogP) is 5.89. The van der Waals surface area contributed by atoms with Crippen LogP contribution in [0.2, 0.25) is 0 Å². The Hall–Kier alpha value is -0.950. The van der Waals surface area contributed by atoms with Gasteiger partial charge in [-0.3, -0.25) is 0 Å². The van der Waals surface area contributed by atoms with Gasteiger partial charge in [-0.2, -0.15) is 0 Å². The highest BCUT2D eigenvalue weighted by atomic mass is 35.5. The van der Waals surface area contributed by atoms with E-state index >= 15 is 0 Å². The third-order valence-corrected chi connectivity index (χ3v) is 3.84. The zero-order valence-corrected chi connectivity index (χ0v) is 13.8. The van der Waals surface area contributed by atoms with Gasteiger partial charge in [0.15, 0.2) is 0 Å². The number of hydrogen-bond acceptors (Lipinski definition) is 1. The minimum atomic E-state index is 0.400. The smallest absolute Gasteiger partial charge is 0.0938 e. The molecule has 20 heavy (non-hydrogen) atoms. The number of allylic oxidation sites excluding steroid dienone is 3. The second kappa shape index (κ2) is 11.8. The average Bonchev–Trinajstić information content (AvgIpc) is 2.40. The highest BCUT2D eigenvalue weighted by Crippen LogP contribution is 2.18. The maximum absolute atomic E-state index is 5.89. The summed E-state index contributed by atoms with van der Waals surface area (Å²) in [4.78, 5) is 0. The van der Waals surface area contributed by atoms with Crippen LogP contribution in [0, 0.1) is 11.8 Å². The Morgan fingerprint density at radius 2 is 1.70 bits per heavy atom. The van der Waals surface area contributed by atoms with Gasteiger partial charge in [-0.15, -0.1) is 18.2 Å². The van der Waals surface area contributed by atoms with Gasteiger partial charge in [0.2, 0.25) is 0 Å². The normalized spacial score (nSPS) is 13.9. The lowest BCUT2D eigenvalue weighted by Crippen LogP contribution is -2.08. The van der Waals surface area contributed by atoms with E-state index in [0.29, 0.717) is 24.3 Å². The first-order chi connectivity index (χ1) is 9.52. The Morgan fingerprint density at radius 3 is 2.20 bits per heavy atom. The molecule has 0 saturated heterocycles. The van der Waals surface area contributed by atoms with E-state index in [0.717, 1.165) is 31.3 Å². The van der Waals surface area contributed by atoms with Gasteiger partial charge in [0.1, 0.15) is 0 Å². The Balaban J connectivity index is 3.91. The lowest BCUT2D eigenvalue weighted by molar-refractivity contribution is 0.205. The van der Waals surface area contributed by atoms with E-state index in [1.807, 2.05) is 13.0 Å². The summed E-state index contributed by atoms with van der Waals surface area (Å²) in [5, 5.41) is 0. The maximum atomic E-state index is 5.89. The highest BCUT2D eigenvalue weighted by molar-refractivity contribution is 6.18. The largest absolute Gasteiger partial charge is 0.501 e. The fraction of sp³-hybridized carbons (Fsp3) is 0.556. The summed E-state index contributed by atoms with van der Waals surface area (Å²) in [6.07, 6.45) is 9.85. The molecule has 0 aromatic carbocycles. The summed E-state index contributed by atoms with van der Waals surface area (Å²) in [7, 11) is 0. The van der Waals surface area contributed by atoms with Crippen LogP contribution >= 0.6 is 11.6 Å². The standard InChI is InChI=1S/C18H29ClO/c1-6-7-10-18(16(4)5)14-20-12-9-8-11-17(13-19)15(2)3/h6,9,12,17-18H,1-2,4,7-8,10-11,13-14H2,3,5H3/b12-9+. The zero-order valence-electron chi connectivity index (χ0n) is 13.0. The predicted molar refractivity (Wildman–Crippen MR) is 91.1 cm³/mol. The SMILES string of the molecule is C=CCCC(CO/C=C/CCC(CCl)C(=C)C)C(=C)C. The molecule has 1 nitrogen and oxygen atoms in total. The molecule has 2 unspecified atom stereocenters. The van der Waals surface area contributed by atoms with Crippen LogP contribution in [0.15, 0.2) is 49.3 Å². The first kappa shape index (κ1) is 19.1. The van der Waals surface area contributed by atoms with Crippen molar-refractivity contribution in [2.24, 2.45) is 11.8 Å². The Bertz CT molecular complexity index is 330. The van der Waals surface area contributed by atoms with Crippen LogP contribution in [0.25, 0.3) is 0 Å². The van der Waals surface area contributed by atoms with Crippen molar-refractivity contribution in [3.8, 4) is 0 Å². The molecular weight excluding hydrogens is 268 g/mol. The second-order valence-corrected chi connectivity index (χ2v) is 5.70. The minimum absolute atomic E-state index is 0.400. The summed E-state index contributed by atoms with van der Waals surface area (Å²) in [6, 6.07) is 0. The number of rotatable bonds is 12. The van der Waals surface area contributed by atoms with Crippen molar-refractivity contribution < 1.29 is 4.74 Å². The number of hydrogen-bond donors (Lipinski definition) is 0. The first-order valence-corrected chi connectivity index (χ1v) is 7.80. The lowest BCUT2D eigenvalue weighted by atomic mass is 9.97. The third-order valence-electron chi connectivity index (χ3n) is 3.47. The number of alkyl halides is 1. The van der Waals surface area contributed by atoms with Gasteiger partial charge in [0.05, 0.1) is 12.9 Å². The van der Waals surface area contributed by atoms with Crippen LogP contribution in [0.1, 0.15) is 39.5 Å². The summed E-state index contributed by atoms with van der Waals surface area (Å²) < 4.78 is 5.60. The molecule has 2 atom stereocenters. The first-order valence-electron chi connectivity index (χ1n) is 7.27. The summed E-state index contributed by atoms with van der Waals surface area (Å²) in [5.74, 6) is 1.45. The molecule has 0 radical (unpaired) electrons. The van der Waals surface area contributed by atoms with Crippen LogP contribution < -0.4 is 0 Å². The van der Waals surface area contributed by atoms with Crippen molar-refractivity contribution >= 4 is 11.6 Å². The number of ether oxygens (including phenoxy) is 1. The van der Waals surface area contributed by atoms with E-state index in [2.05, 4.69) is 32.7 Å². The quantitative estimate of drug-likeness (QED) is 0.248. The van der Waals surface area contributed by atoms with E-state index in [1.165, 1.54) is 5.57 Å². The maximum Gasteiger partial charge on any atom is 0.0938 e. The Morgan fingerprint density at radius 1 is 1.10 bits per heavy atom. The molecule has 0 rings (SSSR count). The van der Waals surface area contributed by atoms with Crippen LogP contribution in [-0.4, -0.2) is 12.5 Å². The van der Waals surface area contributed by atoms with E-state index in [9.17, 15) is 0 Å². The molecule has 2 heteroatoms. The van der Waals surface area contributed by atoms with Crippen molar-refractivity contribution in [2.75, 3.05) is 12.5 Å². The molecule has 0 amide bonds. The molecule has 0 heterocycles. The monoisotopic (exact) mass is 296 g/mol. The average molecular weight is 297 g/mol. The molecule has 0 aromatic heterocycles. The molecule has 0 fully saturated rings. The second-order valence-electron chi connectivity index (χ2n) is 5.39. The van der Waals surface area contributed by atoms with Gasteiger partial charge >= 0.3 is 0 Å². The minimum Gasteiger partial charge on any atom is -0.501 e. The van der Waals surface area contributed by atoms with E-state index in [1.54, 1.807) is 6.26 Å². The van der Waals surface area contributed by atoms with E-state index in [4.69, 9.17) is 16.3 Å². The van der Waals surface area contributed by atoms with Gasteiger partial charge in [-0.25, -0.2) is 0 Å². The fourth-order valence-corrected chi connectivity index (χ4v) is 2.27. The molecule has 0 aliphatic rings. The van der Waals surface area contributed by atoms with E-state index < -0.39 is 0 Å².